The summed E-state index contributed by atoms with van der Waals surface area (Å²) >= 11 is 5.18. The van der Waals surface area contributed by atoms with Gasteiger partial charge in [-0.15, -0.1) is 11.3 Å². The maximum atomic E-state index is 12.9. The van der Waals surface area contributed by atoms with Crippen LogP contribution in [0.25, 0.3) is 10.2 Å². The minimum absolute atomic E-state index is 0.0710. The largest absolute Gasteiger partial charge is 0.340 e. The molecule has 8 heteroatoms. The van der Waals surface area contributed by atoms with E-state index in [2.05, 4.69) is 63.8 Å². The Hall–Kier alpha value is -2.29. The number of aromatic nitrogens is 2. The monoisotopic (exact) mass is 527 g/mol. The van der Waals surface area contributed by atoms with Crippen LogP contribution >= 0.6 is 27.3 Å². The van der Waals surface area contributed by atoms with Gasteiger partial charge in [-0.25, -0.2) is 9.97 Å². The van der Waals surface area contributed by atoms with Crippen LogP contribution in [0.5, 0.6) is 0 Å². The number of benzene rings is 1. The Labute approximate surface area is 207 Å². The maximum absolute atomic E-state index is 12.9. The summed E-state index contributed by atoms with van der Waals surface area (Å²) in [5.41, 5.74) is 2.31. The van der Waals surface area contributed by atoms with E-state index in [1.54, 1.807) is 23.7 Å². The topological polar surface area (TPSA) is 61.4 Å². The van der Waals surface area contributed by atoms with E-state index >= 15 is 0 Å². The van der Waals surface area contributed by atoms with Crippen LogP contribution in [0.4, 0.5) is 11.5 Å². The lowest BCUT2D eigenvalue weighted by atomic mass is 10.0. The number of carbonyl (C=O) groups is 1. The number of halogens is 1. The molecule has 0 atom stereocenters. The summed E-state index contributed by atoms with van der Waals surface area (Å²) in [6, 6.07) is 8.03. The van der Waals surface area contributed by atoms with Crippen LogP contribution in [0.15, 0.2) is 47.2 Å². The Morgan fingerprint density at radius 2 is 2.15 bits per heavy atom. The third-order valence-electron chi connectivity index (χ3n) is 5.95. The van der Waals surface area contributed by atoms with Crippen LogP contribution in [0.2, 0.25) is 0 Å². The van der Waals surface area contributed by atoms with Gasteiger partial charge in [0.05, 0.1) is 11.9 Å². The normalized spacial score (nSPS) is 14.3. The minimum atomic E-state index is 0.0710. The molecule has 2 aromatic heterocycles. The SMILES string of the molecule is CCN(CC=CC(=O)N1CCc2c(sc3ncnc(Nc4cccc(Br)c4)c23)C1)C(C)(C)C. The zero-order valence-electron chi connectivity index (χ0n) is 19.6. The highest BCUT2D eigenvalue weighted by atomic mass is 79.9. The molecular formula is C25H30BrN5OS. The first-order valence-electron chi connectivity index (χ1n) is 11.2. The van der Waals surface area contributed by atoms with Crippen molar-refractivity contribution in [2.24, 2.45) is 0 Å². The van der Waals surface area contributed by atoms with Crippen molar-refractivity contribution >= 4 is 54.9 Å². The molecule has 1 amide bonds. The second kappa shape index (κ2) is 9.91. The summed E-state index contributed by atoms with van der Waals surface area (Å²) in [7, 11) is 0. The van der Waals surface area contributed by atoms with Crippen LogP contribution in [0.3, 0.4) is 0 Å². The molecule has 0 aliphatic carbocycles. The van der Waals surface area contributed by atoms with Crippen LogP contribution in [-0.4, -0.2) is 50.8 Å². The number of thiophene rings is 1. The van der Waals surface area contributed by atoms with Crippen molar-refractivity contribution < 1.29 is 4.79 Å². The minimum Gasteiger partial charge on any atom is -0.340 e. The Morgan fingerprint density at radius 3 is 2.88 bits per heavy atom. The smallest absolute Gasteiger partial charge is 0.246 e. The standard InChI is InChI=1S/C25H30BrN5OS/c1-5-31(25(2,3)4)12-7-10-21(32)30-13-11-19-20(15-30)33-24-22(19)23(27-16-28-24)29-18-9-6-8-17(26)14-18/h6-10,14,16H,5,11-13,15H2,1-4H3,(H,27,28,29). The molecule has 33 heavy (non-hydrogen) atoms. The molecule has 174 valence electrons. The van der Waals surface area contributed by atoms with Crippen LogP contribution < -0.4 is 5.32 Å². The molecule has 3 heterocycles. The first-order chi connectivity index (χ1) is 15.8. The van der Waals surface area contributed by atoms with E-state index in [0.29, 0.717) is 13.1 Å². The fraction of sp³-hybridized carbons (Fsp3) is 0.400. The molecule has 0 saturated heterocycles. The van der Waals surface area contributed by atoms with Gasteiger partial charge in [0, 0.05) is 39.7 Å². The van der Waals surface area contributed by atoms with Gasteiger partial charge in [-0.2, -0.15) is 0 Å². The maximum Gasteiger partial charge on any atom is 0.246 e. The molecule has 4 rings (SSSR count). The van der Waals surface area contributed by atoms with Gasteiger partial charge in [0.15, 0.2) is 0 Å². The number of carbonyl (C=O) groups excluding carboxylic acids is 1. The van der Waals surface area contributed by atoms with E-state index in [-0.39, 0.29) is 11.4 Å². The van der Waals surface area contributed by atoms with Crippen molar-refractivity contribution in [2.75, 3.05) is 25.0 Å². The fourth-order valence-corrected chi connectivity index (χ4v) is 5.78. The predicted molar refractivity (Wildman–Crippen MR) is 140 cm³/mol. The molecule has 0 saturated carbocycles. The van der Waals surface area contributed by atoms with Crippen molar-refractivity contribution in [3.8, 4) is 0 Å². The van der Waals surface area contributed by atoms with E-state index in [9.17, 15) is 4.79 Å². The van der Waals surface area contributed by atoms with Crippen LogP contribution in [-0.2, 0) is 17.8 Å². The number of anilines is 2. The van der Waals surface area contributed by atoms with Crippen LogP contribution in [0, 0.1) is 0 Å². The first kappa shape index (κ1) is 23.9. The number of fused-ring (bicyclic) bond motifs is 3. The Kier molecular flexibility index (Phi) is 7.16. The molecule has 1 N–H and O–H groups in total. The van der Waals surface area contributed by atoms with Gasteiger partial charge < -0.3 is 10.2 Å². The zero-order valence-corrected chi connectivity index (χ0v) is 22.0. The van der Waals surface area contributed by atoms with Gasteiger partial charge in [-0.3, -0.25) is 9.69 Å². The summed E-state index contributed by atoms with van der Waals surface area (Å²) in [4.78, 5) is 28.3. The van der Waals surface area contributed by atoms with Crippen molar-refractivity contribution in [1.82, 2.24) is 19.8 Å². The second-order valence-electron chi connectivity index (χ2n) is 9.16. The van der Waals surface area contributed by atoms with E-state index in [1.165, 1.54) is 10.4 Å². The average Bonchev–Trinajstić information content (AvgIpc) is 3.14. The number of hydrogen-bond acceptors (Lipinski definition) is 6. The summed E-state index contributed by atoms with van der Waals surface area (Å²) in [5.74, 6) is 0.888. The third-order valence-corrected chi connectivity index (χ3v) is 7.57. The Morgan fingerprint density at radius 1 is 1.33 bits per heavy atom. The number of hydrogen-bond donors (Lipinski definition) is 1. The average molecular weight is 529 g/mol. The highest BCUT2D eigenvalue weighted by Crippen LogP contribution is 2.38. The summed E-state index contributed by atoms with van der Waals surface area (Å²) < 4.78 is 1.01. The highest BCUT2D eigenvalue weighted by molar-refractivity contribution is 9.10. The first-order valence-corrected chi connectivity index (χ1v) is 12.9. The van der Waals surface area contributed by atoms with Gasteiger partial charge in [-0.1, -0.05) is 35.0 Å². The van der Waals surface area contributed by atoms with Gasteiger partial charge in [-0.05, 0) is 57.5 Å². The summed E-state index contributed by atoms with van der Waals surface area (Å²) in [6.07, 6.45) is 6.12. The fourth-order valence-electron chi connectivity index (χ4n) is 4.18. The van der Waals surface area contributed by atoms with Crippen molar-refractivity contribution in [2.45, 2.75) is 46.2 Å². The molecule has 0 radical (unpaired) electrons. The van der Waals surface area contributed by atoms with Gasteiger partial charge >= 0.3 is 0 Å². The van der Waals surface area contributed by atoms with E-state index in [1.807, 2.05) is 35.2 Å². The molecule has 1 aliphatic heterocycles. The van der Waals surface area contributed by atoms with Crippen molar-refractivity contribution in [3.05, 3.63) is 57.7 Å². The molecule has 0 fully saturated rings. The summed E-state index contributed by atoms with van der Waals surface area (Å²) in [6.45, 7) is 11.8. The number of amides is 1. The number of nitrogens with zero attached hydrogens (tertiary/aromatic N) is 4. The molecule has 3 aromatic rings. The van der Waals surface area contributed by atoms with Gasteiger partial charge in [0.2, 0.25) is 5.91 Å². The Balaban J connectivity index is 1.50. The molecule has 1 aliphatic rings. The second-order valence-corrected chi connectivity index (χ2v) is 11.2. The van der Waals surface area contributed by atoms with Crippen molar-refractivity contribution in [1.29, 1.82) is 0 Å². The van der Waals surface area contributed by atoms with E-state index < -0.39 is 0 Å². The van der Waals surface area contributed by atoms with Gasteiger partial charge in [0.25, 0.3) is 0 Å². The van der Waals surface area contributed by atoms with E-state index in [0.717, 1.165) is 45.7 Å². The summed E-state index contributed by atoms with van der Waals surface area (Å²) in [5, 5.41) is 4.52. The third kappa shape index (κ3) is 5.45. The number of likely N-dealkylation sites (N-methyl/N-ethyl adjacent to an activating group) is 1. The zero-order chi connectivity index (χ0) is 23.6. The molecule has 0 spiro atoms. The van der Waals surface area contributed by atoms with E-state index in [4.69, 9.17) is 0 Å². The molecule has 6 nitrogen and oxygen atoms in total. The lowest BCUT2D eigenvalue weighted by molar-refractivity contribution is -0.126. The van der Waals surface area contributed by atoms with Crippen LogP contribution in [0.1, 0.15) is 38.1 Å². The molecule has 0 bridgehead atoms. The predicted octanol–water partition coefficient (Wildman–Crippen LogP) is 5.76. The lowest BCUT2D eigenvalue weighted by Crippen LogP contribution is -2.41. The Bertz CT molecular complexity index is 1180. The number of nitrogens with one attached hydrogen (secondary N) is 1. The van der Waals surface area contributed by atoms with Gasteiger partial charge in [0.1, 0.15) is 17.0 Å². The molecular weight excluding hydrogens is 498 g/mol. The number of rotatable bonds is 6. The highest BCUT2D eigenvalue weighted by Gasteiger charge is 2.26. The van der Waals surface area contributed by atoms with Crippen molar-refractivity contribution in [3.63, 3.8) is 0 Å². The quantitative estimate of drug-likeness (QED) is 0.413. The molecule has 1 aromatic carbocycles. The molecule has 0 unspecified atom stereocenters. The lowest BCUT2D eigenvalue weighted by Gasteiger charge is -2.33.